The predicted octanol–water partition coefficient (Wildman–Crippen LogP) is 3.36. The number of methoxy groups -OCH3 is 1. The summed E-state index contributed by atoms with van der Waals surface area (Å²) in [7, 11) is 1.45. The molecule has 0 bridgehead atoms. The first-order chi connectivity index (χ1) is 22.5. The number of fused-ring (bicyclic) bond motifs is 1. The number of hydrogen-bond donors (Lipinski definition) is 4. The Hall–Kier alpha value is -6.05. The van der Waals surface area contributed by atoms with Gasteiger partial charge in [0.2, 0.25) is 17.7 Å². The van der Waals surface area contributed by atoms with E-state index < -0.39 is 46.3 Å². The van der Waals surface area contributed by atoms with Crippen LogP contribution in [0.15, 0.2) is 88.1 Å². The molecule has 0 aliphatic carbocycles. The van der Waals surface area contributed by atoms with Crippen LogP contribution in [0.5, 0.6) is 5.75 Å². The van der Waals surface area contributed by atoms with Crippen molar-refractivity contribution in [2.45, 2.75) is 44.2 Å². The number of rotatable bonds is 15. The lowest BCUT2D eigenvalue weighted by Crippen LogP contribution is -2.54. The summed E-state index contributed by atoms with van der Waals surface area (Å²) < 4.78 is 10.5. The van der Waals surface area contributed by atoms with E-state index in [1.54, 1.807) is 42.5 Å². The lowest BCUT2D eigenvalue weighted by Gasteiger charge is -2.24. The summed E-state index contributed by atoms with van der Waals surface area (Å²) in [6, 6.07) is 17.6. The number of carboxylic acid groups (broad SMARTS) is 1. The van der Waals surface area contributed by atoms with E-state index in [0.29, 0.717) is 22.3 Å². The quantitative estimate of drug-likeness (QED) is 0.0843. The fourth-order valence-electron chi connectivity index (χ4n) is 4.83. The molecule has 0 spiro atoms. The van der Waals surface area contributed by atoms with Gasteiger partial charge in [-0.15, -0.1) is 0 Å². The Morgan fingerprint density at radius 2 is 1.60 bits per heavy atom. The number of hydrogen-bond acceptors (Lipinski definition) is 9. The number of benzene rings is 3. The molecule has 2 atom stereocenters. The zero-order valence-electron chi connectivity index (χ0n) is 25.3. The largest absolute Gasteiger partial charge is 0.497 e. The molecule has 0 saturated carbocycles. The topological polar surface area (TPSA) is 207 Å². The van der Waals surface area contributed by atoms with Gasteiger partial charge in [0.05, 0.1) is 12.0 Å². The molecule has 0 fully saturated rings. The number of nitrogens with one attached hydrogen (secondary N) is 3. The van der Waals surface area contributed by atoms with Crippen LogP contribution in [0.1, 0.15) is 30.4 Å². The number of ether oxygens (including phenoxy) is 1. The molecule has 3 amide bonds. The SMILES string of the molecule is COc1ccc2c(CC(NC(=O)CCCC(=O)O)C(=O)N[C@@H](Cc3ccccc3)C(=O)Nc3ccc([N+](=O)[O-])cc3)cc(=O)oc2c1. The van der Waals surface area contributed by atoms with Gasteiger partial charge in [-0.2, -0.15) is 0 Å². The maximum Gasteiger partial charge on any atom is 0.336 e. The molecule has 14 heteroatoms. The van der Waals surface area contributed by atoms with Crippen molar-refractivity contribution in [2.75, 3.05) is 12.4 Å². The summed E-state index contributed by atoms with van der Waals surface area (Å²) in [6.45, 7) is 0. The molecule has 4 rings (SSSR count). The van der Waals surface area contributed by atoms with E-state index in [1.807, 2.05) is 0 Å². The first-order valence-corrected chi connectivity index (χ1v) is 14.5. The fourth-order valence-corrected chi connectivity index (χ4v) is 4.83. The van der Waals surface area contributed by atoms with Crippen LogP contribution in [-0.4, -0.2) is 52.9 Å². The zero-order valence-corrected chi connectivity index (χ0v) is 25.3. The smallest absolute Gasteiger partial charge is 0.336 e. The molecule has 3 aromatic carbocycles. The molecule has 0 saturated heterocycles. The van der Waals surface area contributed by atoms with Crippen LogP contribution in [0.2, 0.25) is 0 Å². The molecule has 4 aromatic rings. The van der Waals surface area contributed by atoms with E-state index in [0.717, 1.165) is 0 Å². The van der Waals surface area contributed by atoms with Crippen LogP contribution >= 0.6 is 0 Å². The molecule has 1 heterocycles. The van der Waals surface area contributed by atoms with Gasteiger partial charge in [0.1, 0.15) is 23.4 Å². The third kappa shape index (κ3) is 9.72. The van der Waals surface area contributed by atoms with E-state index in [9.17, 15) is 34.1 Å². The van der Waals surface area contributed by atoms with Crippen molar-refractivity contribution in [3.05, 3.63) is 111 Å². The highest BCUT2D eigenvalue weighted by Crippen LogP contribution is 2.24. The fraction of sp³-hybridized carbons (Fsp3) is 0.242. The zero-order chi connectivity index (χ0) is 33.9. The van der Waals surface area contributed by atoms with E-state index in [1.165, 1.54) is 43.5 Å². The average Bonchev–Trinajstić information content (AvgIpc) is 3.04. The van der Waals surface area contributed by atoms with Gasteiger partial charge < -0.3 is 30.2 Å². The molecule has 0 radical (unpaired) electrons. The number of aliphatic carboxylic acids is 1. The molecular weight excluding hydrogens is 612 g/mol. The van der Waals surface area contributed by atoms with Gasteiger partial charge in [0, 0.05) is 61.0 Å². The molecule has 1 aromatic heterocycles. The van der Waals surface area contributed by atoms with Gasteiger partial charge in [0.15, 0.2) is 0 Å². The summed E-state index contributed by atoms with van der Waals surface area (Å²) in [5.74, 6) is -2.61. The second-order valence-electron chi connectivity index (χ2n) is 10.6. The molecule has 244 valence electrons. The highest BCUT2D eigenvalue weighted by molar-refractivity contribution is 5.99. The van der Waals surface area contributed by atoms with Crippen molar-refractivity contribution in [1.29, 1.82) is 0 Å². The number of carbonyl (C=O) groups excluding carboxylic acids is 3. The molecular formula is C33H32N4O10. The van der Waals surface area contributed by atoms with Crippen LogP contribution in [0, 0.1) is 10.1 Å². The molecule has 4 N–H and O–H groups in total. The lowest BCUT2D eigenvalue weighted by atomic mass is 10.00. The number of amides is 3. The number of nitrogens with zero attached hydrogens (tertiary/aromatic N) is 1. The number of non-ortho nitro benzene ring substituents is 1. The minimum Gasteiger partial charge on any atom is -0.497 e. The molecule has 47 heavy (non-hydrogen) atoms. The minimum atomic E-state index is -1.29. The summed E-state index contributed by atoms with van der Waals surface area (Å²) in [5.41, 5.74) is 0.681. The van der Waals surface area contributed by atoms with Crippen molar-refractivity contribution in [1.82, 2.24) is 10.6 Å². The second-order valence-corrected chi connectivity index (χ2v) is 10.6. The summed E-state index contributed by atoms with van der Waals surface area (Å²) in [4.78, 5) is 74.1. The molecule has 1 unspecified atom stereocenters. The normalized spacial score (nSPS) is 12.0. The predicted molar refractivity (Wildman–Crippen MR) is 170 cm³/mol. The highest BCUT2D eigenvalue weighted by atomic mass is 16.6. The molecule has 14 nitrogen and oxygen atoms in total. The number of carbonyl (C=O) groups is 4. The molecule has 0 aliphatic heterocycles. The van der Waals surface area contributed by atoms with E-state index in [2.05, 4.69) is 16.0 Å². The van der Waals surface area contributed by atoms with Crippen molar-refractivity contribution < 1.29 is 38.4 Å². The first-order valence-electron chi connectivity index (χ1n) is 14.5. The first kappa shape index (κ1) is 33.8. The average molecular weight is 645 g/mol. The third-order valence-electron chi connectivity index (χ3n) is 7.17. The Morgan fingerprint density at radius 3 is 2.26 bits per heavy atom. The van der Waals surface area contributed by atoms with Crippen LogP contribution in [0.4, 0.5) is 11.4 Å². The van der Waals surface area contributed by atoms with Gasteiger partial charge in [-0.3, -0.25) is 29.3 Å². The van der Waals surface area contributed by atoms with Crippen LogP contribution in [-0.2, 0) is 32.0 Å². The maximum atomic E-state index is 13.9. The van der Waals surface area contributed by atoms with Crippen molar-refractivity contribution in [2.24, 2.45) is 0 Å². The van der Waals surface area contributed by atoms with E-state index in [-0.39, 0.29) is 49.1 Å². The van der Waals surface area contributed by atoms with Crippen LogP contribution in [0.3, 0.4) is 0 Å². The van der Waals surface area contributed by atoms with Crippen LogP contribution < -0.4 is 26.3 Å². The summed E-state index contributed by atoms with van der Waals surface area (Å²) in [5, 5.41) is 28.5. The Balaban J connectivity index is 1.63. The lowest BCUT2D eigenvalue weighted by molar-refractivity contribution is -0.384. The monoisotopic (exact) mass is 644 g/mol. The molecule has 0 aliphatic rings. The van der Waals surface area contributed by atoms with Gasteiger partial charge in [-0.1, -0.05) is 30.3 Å². The highest BCUT2D eigenvalue weighted by Gasteiger charge is 2.28. The number of nitro benzene ring substituents is 1. The van der Waals surface area contributed by atoms with Crippen molar-refractivity contribution in [3.63, 3.8) is 0 Å². The Morgan fingerprint density at radius 1 is 0.894 bits per heavy atom. The second kappa shape index (κ2) is 15.8. The Bertz CT molecular complexity index is 1820. The maximum absolute atomic E-state index is 13.9. The van der Waals surface area contributed by atoms with Gasteiger partial charge in [-0.25, -0.2) is 4.79 Å². The van der Waals surface area contributed by atoms with E-state index >= 15 is 0 Å². The van der Waals surface area contributed by atoms with Gasteiger partial charge in [-0.05, 0) is 41.8 Å². The third-order valence-corrected chi connectivity index (χ3v) is 7.17. The summed E-state index contributed by atoms with van der Waals surface area (Å²) >= 11 is 0. The van der Waals surface area contributed by atoms with Crippen molar-refractivity contribution >= 4 is 46.0 Å². The Labute approximate surface area is 267 Å². The Kier molecular flexibility index (Phi) is 11.4. The standard InChI is InChI=1S/C33H32N4O10/c1-46-24-14-15-25-21(18-31(41)47-28(25)19-24)17-27(35-29(38)8-5-9-30(39)40)33(43)36-26(16-20-6-3-2-4-7-20)32(42)34-22-10-12-23(13-11-22)37(44)45/h2-4,6-7,10-15,18-19,26-27H,5,8-9,16-17H2,1H3,(H,34,42)(H,35,38)(H,36,43)(H,39,40)/t26-,27?/m0/s1. The number of nitro groups is 1. The number of anilines is 1. The minimum absolute atomic E-state index is 0.0292. The van der Waals surface area contributed by atoms with Crippen LogP contribution in [0.25, 0.3) is 11.0 Å². The van der Waals surface area contributed by atoms with Crippen molar-refractivity contribution in [3.8, 4) is 5.75 Å². The van der Waals surface area contributed by atoms with Gasteiger partial charge in [0.25, 0.3) is 5.69 Å². The van der Waals surface area contributed by atoms with Gasteiger partial charge >= 0.3 is 11.6 Å². The van der Waals surface area contributed by atoms with E-state index in [4.69, 9.17) is 14.3 Å². The number of carboxylic acids is 1. The summed E-state index contributed by atoms with van der Waals surface area (Å²) in [6.07, 6.45) is -0.520.